The molecular formula is C30H64O4P2S4. The van der Waals surface area contributed by atoms with Crippen molar-refractivity contribution in [2.45, 2.75) is 143 Å². The highest BCUT2D eigenvalue weighted by molar-refractivity contribution is 8.76. The van der Waals surface area contributed by atoms with Gasteiger partial charge < -0.3 is 18.1 Å². The lowest BCUT2D eigenvalue weighted by Gasteiger charge is -2.23. The molecule has 10 heteroatoms. The summed E-state index contributed by atoms with van der Waals surface area (Å²) >= 11 is 11.9. The van der Waals surface area contributed by atoms with Crippen molar-refractivity contribution in [3.8, 4) is 0 Å². The maximum atomic E-state index is 6.22. The second-order valence-corrected chi connectivity index (χ2v) is 21.0. The molecule has 0 aliphatic heterocycles. The molecule has 0 spiro atoms. The number of hydrogen-bond acceptors (Lipinski definition) is 8. The lowest BCUT2D eigenvalue weighted by atomic mass is 10.2. The van der Waals surface area contributed by atoms with Crippen molar-refractivity contribution >= 4 is 58.2 Å². The van der Waals surface area contributed by atoms with Crippen LogP contribution in [-0.2, 0) is 41.7 Å². The van der Waals surface area contributed by atoms with Crippen molar-refractivity contribution in [2.24, 2.45) is 0 Å². The summed E-state index contributed by atoms with van der Waals surface area (Å²) in [6.07, 6.45) is 23.1. The number of rotatable bonds is 33. The molecule has 4 nitrogen and oxygen atoms in total. The topological polar surface area (TPSA) is 36.9 Å². The van der Waals surface area contributed by atoms with E-state index in [-0.39, 0.29) is 0 Å². The lowest BCUT2D eigenvalue weighted by molar-refractivity contribution is 0.237. The van der Waals surface area contributed by atoms with Crippen LogP contribution in [-0.4, -0.2) is 50.3 Å². The van der Waals surface area contributed by atoms with Gasteiger partial charge in [0.15, 0.2) is 13.0 Å². The molecule has 0 aromatic heterocycles. The summed E-state index contributed by atoms with van der Waals surface area (Å²) in [5.74, 6) is 2.16. The van der Waals surface area contributed by atoms with E-state index in [0.29, 0.717) is 0 Å². The van der Waals surface area contributed by atoms with E-state index in [1.807, 2.05) is 21.6 Å². The Balaban J connectivity index is 4.34. The van der Waals surface area contributed by atoms with Crippen LogP contribution in [0.4, 0.5) is 0 Å². The molecule has 0 saturated carbocycles. The van der Waals surface area contributed by atoms with Crippen LogP contribution in [0.15, 0.2) is 0 Å². The third-order valence-corrected chi connectivity index (χ3v) is 15.5. The van der Waals surface area contributed by atoms with Crippen molar-refractivity contribution in [3.63, 3.8) is 0 Å². The zero-order valence-electron chi connectivity index (χ0n) is 26.5. The summed E-state index contributed by atoms with van der Waals surface area (Å²) in [7, 11) is 3.88. The predicted octanol–water partition coefficient (Wildman–Crippen LogP) is 12.2. The van der Waals surface area contributed by atoms with Crippen LogP contribution in [0.5, 0.6) is 0 Å². The average Bonchev–Trinajstić information content (AvgIpc) is 2.94. The minimum atomic E-state index is -2.17. The Kier molecular flexibility index (Phi) is 32.3. The highest BCUT2D eigenvalue weighted by Crippen LogP contribution is 2.51. The maximum absolute atomic E-state index is 6.22. The minimum Gasteiger partial charge on any atom is -0.329 e. The van der Waals surface area contributed by atoms with E-state index >= 15 is 0 Å². The molecule has 0 heterocycles. The summed E-state index contributed by atoms with van der Waals surface area (Å²) in [5.41, 5.74) is 0. The van der Waals surface area contributed by atoms with Crippen molar-refractivity contribution in [1.29, 1.82) is 0 Å². The van der Waals surface area contributed by atoms with Gasteiger partial charge in [0, 0.05) is 23.8 Å². The van der Waals surface area contributed by atoms with Crippen molar-refractivity contribution in [3.05, 3.63) is 0 Å². The average molecular weight is 679 g/mol. The molecule has 0 bridgehead atoms. The van der Waals surface area contributed by atoms with Gasteiger partial charge >= 0.3 is 0 Å². The Hall–Kier alpha value is 1.84. The summed E-state index contributed by atoms with van der Waals surface area (Å²) < 4.78 is 24.9. The van der Waals surface area contributed by atoms with Gasteiger partial charge in [-0.15, -0.1) is 0 Å². The summed E-state index contributed by atoms with van der Waals surface area (Å²) in [6, 6.07) is 0. The molecule has 0 amide bonds. The van der Waals surface area contributed by atoms with Gasteiger partial charge in [-0.05, 0) is 62.1 Å². The molecule has 0 atom stereocenters. The van der Waals surface area contributed by atoms with Gasteiger partial charge in [0.05, 0.1) is 26.4 Å². The molecule has 0 aliphatic carbocycles. The molecule has 0 N–H and O–H groups in total. The van der Waals surface area contributed by atoms with Crippen LogP contribution in [0.3, 0.4) is 0 Å². The van der Waals surface area contributed by atoms with E-state index in [2.05, 4.69) is 27.7 Å². The molecule has 0 aromatic rings. The molecule has 0 rings (SSSR count). The van der Waals surface area contributed by atoms with Gasteiger partial charge in [-0.25, -0.2) is 0 Å². The largest absolute Gasteiger partial charge is 0.329 e. The van der Waals surface area contributed by atoms with E-state index in [1.54, 1.807) is 0 Å². The van der Waals surface area contributed by atoms with E-state index in [1.165, 1.54) is 77.0 Å². The SMILES string of the molecule is CCCCCCOP(=S)(CCCSSCCCP(=S)(OCCCCCC)OCCCCCC)OCCCCCC. The molecule has 0 saturated heterocycles. The zero-order valence-corrected chi connectivity index (χ0v) is 31.6. The fraction of sp³-hybridized carbons (Fsp3) is 1.00. The smallest absolute Gasteiger partial charge is 0.188 e. The van der Waals surface area contributed by atoms with Gasteiger partial charge in [0.2, 0.25) is 0 Å². The third-order valence-electron chi connectivity index (χ3n) is 6.55. The first kappa shape index (κ1) is 41.8. The Bertz CT molecular complexity index is 541. The Morgan fingerprint density at radius 1 is 0.400 bits per heavy atom. The standard InChI is InChI=1S/C30H64O4P2S4/c1-5-9-13-17-23-31-35(37,32-24-18-14-10-6-2)27-21-29-39-40-30-22-28-36(38,33-25-19-15-11-7-3)34-26-20-16-12-8-4/h5-30H2,1-4H3. The third kappa shape index (κ3) is 27.4. The second kappa shape index (κ2) is 30.8. The van der Waals surface area contributed by atoms with Crippen LogP contribution in [0, 0.1) is 0 Å². The first-order chi connectivity index (χ1) is 19.4. The Morgan fingerprint density at radius 3 is 0.925 bits per heavy atom. The van der Waals surface area contributed by atoms with Crippen molar-refractivity contribution in [1.82, 2.24) is 0 Å². The fourth-order valence-electron chi connectivity index (χ4n) is 4.01. The predicted molar refractivity (Wildman–Crippen MR) is 193 cm³/mol. The molecule has 40 heavy (non-hydrogen) atoms. The number of hydrogen-bond donors (Lipinski definition) is 0. The first-order valence-corrected chi connectivity index (χ1v) is 24.6. The molecule has 0 radical (unpaired) electrons. The molecule has 0 unspecified atom stereocenters. The normalized spacial score (nSPS) is 12.4. The van der Waals surface area contributed by atoms with Crippen molar-refractivity contribution in [2.75, 3.05) is 50.3 Å². The van der Waals surface area contributed by atoms with E-state index < -0.39 is 13.0 Å². The second-order valence-electron chi connectivity index (χ2n) is 10.6. The van der Waals surface area contributed by atoms with E-state index in [0.717, 1.165) is 88.8 Å². The molecule has 242 valence electrons. The number of unbranched alkanes of at least 4 members (excludes halogenated alkanes) is 12. The van der Waals surface area contributed by atoms with Gasteiger partial charge in [0.25, 0.3) is 0 Å². The fourth-order valence-corrected chi connectivity index (χ4v) is 11.7. The van der Waals surface area contributed by atoms with Gasteiger partial charge in [-0.1, -0.05) is 126 Å². The van der Waals surface area contributed by atoms with E-state index in [4.69, 9.17) is 41.7 Å². The molecule has 0 aliphatic rings. The maximum Gasteiger partial charge on any atom is 0.188 e. The Morgan fingerprint density at radius 2 is 0.675 bits per heavy atom. The van der Waals surface area contributed by atoms with E-state index in [9.17, 15) is 0 Å². The highest BCUT2D eigenvalue weighted by Gasteiger charge is 2.20. The van der Waals surface area contributed by atoms with Gasteiger partial charge in [-0.2, -0.15) is 0 Å². The highest BCUT2D eigenvalue weighted by atomic mass is 33.1. The van der Waals surface area contributed by atoms with Gasteiger partial charge in [0.1, 0.15) is 0 Å². The van der Waals surface area contributed by atoms with Crippen LogP contribution in [0.25, 0.3) is 0 Å². The van der Waals surface area contributed by atoms with Crippen LogP contribution in [0.2, 0.25) is 0 Å². The molecule has 0 fully saturated rings. The molecule has 0 aromatic carbocycles. The summed E-state index contributed by atoms with van der Waals surface area (Å²) in [6.45, 7) is 7.62. The first-order valence-electron chi connectivity index (χ1n) is 16.5. The minimum absolute atomic E-state index is 0.751. The Labute approximate surface area is 268 Å². The lowest BCUT2D eigenvalue weighted by Crippen LogP contribution is -2.04. The van der Waals surface area contributed by atoms with Crippen molar-refractivity contribution < 1.29 is 18.1 Å². The summed E-state index contributed by atoms with van der Waals surface area (Å²) in [4.78, 5) is 0. The van der Waals surface area contributed by atoms with Gasteiger partial charge in [-0.3, -0.25) is 0 Å². The zero-order chi connectivity index (χ0) is 29.6. The molecular weight excluding hydrogens is 615 g/mol. The van der Waals surface area contributed by atoms with Crippen LogP contribution >= 0.6 is 34.6 Å². The quantitative estimate of drug-likeness (QED) is 0.0386. The van der Waals surface area contributed by atoms with Crippen LogP contribution in [0.1, 0.15) is 143 Å². The monoisotopic (exact) mass is 678 g/mol. The summed E-state index contributed by atoms with van der Waals surface area (Å²) in [5, 5.41) is 0. The van der Waals surface area contributed by atoms with Crippen LogP contribution < -0.4 is 0 Å².